The highest BCUT2D eigenvalue weighted by molar-refractivity contribution is 5.51. The summed E-state index contributed by atoms with van der Waals surface area (Å²) < 4.78 is 0. The van der Waals surface area contributed by atoms with Crippen LogP contribution in [0.4, 0.5) is 5.82 Å². The van der Waals surface area contributed by atoms with Crippen LogP contribution in [0, 0.1) is 6.92 Å². The van der Waals surface area contributed by atoms with Gasteiger partial charge in [0.15, 0.2) is 0 Å². The van der Waals surface area contributed by atoms with E-state index in [0.29, 0.717) is 6.54 Å². The summed E-state index contributed by atoms with van der Waals surface area (Å²) >= 11 is 0. The van der Waals surface area contributed by atoms with Gasteiger partial charge in [-0.2, -0.15) is 0 Å². The van der Waals surface area contributed by atoms with E-state index >= 15 is 0 Å². The standard InChI is InChI=1S/C12H18N4O/c1-10-6-11(7-13)8-14-12(10)16-4-2-15(9-17)3-5-16/h6,8-9H,2-5,7,13H2,1H3. The fraction of sp³-hybridized carbons (Fsp3) is 0.500. The number of aryl methyl sites for hydroxylation is 1. The Labute approximate surface area is 101 Å². The fourth-order valence-electron chi connectivity index (χ4n) is 2.11. The lowest BCUT2D eigenvalue weighted by Crippen LogP contribution is -2.46. The van der Waals surface area contributed by atoms with Crippen LogP contribution in [0.1, 0.15) is 11.1 Å². The third kappa shape index (κ3) is 2.55. The summed E-state index contributed by atoms with van der Waals surface area (Å²) in [6, 6.07) is 2.08. The lowest BCUT2D eigenvalue weighted by atomic mass is 10.2. The number of hydrogen-bond acceptors (Lipinski definition) is 4. The number of nitrogens with zero attached hydrogens (tertiary/aromatic N) is 3. The Morgan fingerprint density at radius 2 is 2.12 bits per heavy atom. The predicted molar refractivity (Wildman–Crippen MR) is 66.7 cm³/mol. The minimum atomic E-state index is 0.521. The molecule has 0 saturated carbocycles. The van der Waals surface area contributed by atoms with Gasteiger partial charge in [-0.05, 0) is 24.1 Å². The molecule has 1 aliphatic rings. The van der Waals surface area contributed by atoms with Gasteiger partial charge in [-0.15, -0.1) is 0 Å². The molecule has 2 heterocycles. The quantitative estimate of drug-likeness (QED) is 0.755. The molecule has 0 radical (unpaired) electrons. The maximum Gasteiger partial charge on any atom is 0.209 e. The van der Waals surface area contributed by atoms with Gasteiger partial charge in [0.25, 0.3) is 0 Å². The Hall–Kier alpha value is -1.62. The van der Waals surface area contributed by atoms with E-state index in [-0.39, 0.29) is 0 Å². The third-order valence-electron chi connectivity index (χ3n) is 3.11. The van der Waals surface area contributed by atoms with Gasteiger partial charge >= 0.3 is 0 Å². The second-order valence-corrected chi connectivity index (χ2v) is 4.32. The zero-order valence-corrected chi connectivity index (χ0v) is 10.1. The van der Waals surface area contributed by atoms with Crippen molar-refractivity contribution in [3.05, 3.63) is 23.4 Å². The lowest BCUT2D eigenvalue weighted by Gasteiger charge is -2.34. The van der Waals surface area contributed by atoms with E-state index in [1.54, 1.807) is 4.90 Å². The molecule has 0 unspecified atom stereocenters. The number of anilines is 1. The van der Waals surface area contributed by atoms with Crippen LogP contribution in [0.5, 0.6) is 0 Å². The topological polar surface area (TPSA) is 62.5 Å². The van der Waals surface area contributed by atoms with Crippen LogP contribution in [0.25, 0.3) is 0 Å². The summed E-state index contributed by atoms with van der Waals surface area (Å²) in [7, 11) is 0. The van der Waals surface area contributed by atoms with Crippen LogP contribution >= 0.6 is 0 Å². The van der Waals surface area contributed by atoms with Gasteiger partial charge in [0, 0.05) is 38.9 Å². The van der Waals surface area contributed by atoms with E-state index in [4.69, 9.17) is 5.73 Å². The van der Waals surface area contributed by atoms with Crippen molar-refractivity contribution >= 4 is 12.2 Å². The van der Waals surface area contributed by atoms with Gasteiger partial charge in [0.2, 0.25) is 6.41 Å². The highest BCUT2D eigenvalue weighted by Crippen LogP contribution is 2.19. The van der Waals surface area contributed by atoms with Crippen LogP contribution < -0.4 is 10.6 Å². The largest absolute Gasteiger partial charge is 0.353 e. The van der Waals surface area contributed by atoms with E-state index in [0.717, 1.165) is 49.5 Å². The molecule has 1 aliphatic heterocycles. The minimum Gasteiger partial charge on any atom is -0.353 e. The summed E-state index contributed by atoms with van der Waals surface area (Å²) in [5.41, 5.74) is 7.78. The highest BCUT2D eigenvalue weighted by atomic mass is 16.1. The Bertz CT molecular complexity index is 399. The molecule has 2 N–H and O–H groups in total. The van der Waals surface area contributed by atoms with Crippen LogP contribution in [-0.2, 0) is 11.3 Å². The SMILES string of the molecule is Cc1cc(CN)cnc1N1CCN(C=O)CC1. The molecular formula is C12H18N4O. The normalized spacial score (nSPS) is 16.1. The van der Waals surface area contributed by atoms with E-state index in [2.05, 4.69) is 16.0 Å². The maximum absolute atomic E-state index is 10.6. The summed E-state index contributed by atoms with van der Waals surface area (Å²) in [5, 5.41) is 0. The first kappa shape index (κ1) is 11.9. The number of carbonyl (C=O) groups is 1. The molecule has 0 atom stereocenters. The molecule has 1 aromatic rings. The van der Waals surface area contributed by atoms with Crippen LogP contribution in [0.2, 0.25) is 0 Å². The van der Waals surface area contributed by atoms with Crippen LogP contribution in [0.3, 0.4) is 0 Å². The van der Waals surface area contributed by atoms with Gasteiger partial charge in [-0.25, -0.2) is 4.98 Å². The molecule has 5 heteroatoms. The van der Waals surface area contributed by atoms with E-state index in [9.17, 15) is 4.79 Å². The molecule has 1 fully saturated rings. The van der Waals surface area contributed by atoms with Gasteiger partial charge in [-0.1, -0.05) is 0 Å². The molecule has 0 bridgehead atoms. The number of piperazine rings is 1. The Kier molecular flexibility index (Phi) is 3.58. The van der Waals surface area contributed by atoms with Crippen molar-refractivity contribution < 1.29 is 4.79 Å². The van der Waals surface area contributed by atoms with Crippen molar-refractivity contribution in [2.24, 2.45) is 5.73 Å². The summed E-state index contributed by atoms with van der Waals surface area (Å²) in [4.78, 5) is 19.1. The van der Waals surface area contributed by atoms with Gasteiger partial charge in [0.05, 0.1) is 0 Å². The molecular weight excluding hydrogens is 216 g/mol. The first-order valence-corrected chi connectivity index (χ1v) is 5.84. The average molecular weight is 234 g/mol. The molecule has 0 spiro atoms. The molecule has 0 aromatic carbocycles. The Morgan fingerprint density at radius 3 is 2.65 bits per heavy atom. The number of amides is 1. The van der Waals surface area contributed by atoms with E-state index in [1.807, 2.05) is 13.1 Å². The zero-order chi connectivity index (χ0) is 12.3. The number of hydrogen-bond donors (Lipinski definition) is 1. The van der Waals surface area contributed by atoms with Crippen molar-refractivity contribution in [2.45, 2.75) is 13.5 Å². The molecule has 2 rings (SSSR count). The molecule has 1 aromatic heterocycles. The molecule has 1 amide bonds. The third-order valence-corrected chi connectivity index (χ3v) is 3.11. The number of pyridine rings is 1. The first-order valence-electron chi connectivity index (χ1n) is 5.84. The number of aromatic nitrogens is 1. The molecule has 5 nitrogen and oxygen atoms in total. The Balaban J connectivity index is 2.10. The fourth-order valence-corrected chi connectivity index (χ4v) is 2.11. The maximum atomic E-state index is 10.6. The van der Waals surface area contributed by atoms with Crippen molar-refractivity contribution in [3.8, 4) is 0 Å². The molecule has 92 valence electrons. The van der Waals surface area contributed by atoms with Crippen molar-refractivity contribution in [1.82, 2.24) is 9.88 Å². The second-order valence-electron chi connectivity index (χ2n) is 4.32. The number of nitrogens with two attached hydrogens (primary N) is 1. The second kappa shape index (κ2) is 5.14. The molecule has 0 aliphatic carbocycles. The van der Waals surface area contributed by atoms with Gasteiger partial charge in [-0.3, -0.25) is 4.79 Å². The smallest absolute Gasteiger partial charge is 0.209 e. The van der Waals surface area contributed by atoms with Gasteiger partial charge < -0.3 is 15.5 Å². The minimum absolute atomic E-state index is 0.521. The van der Waals surface area contributed by atoms with Crippen molar-refractivity contribution in [2.75, 3.05) is 31.1 Å². The summed E-state index contributed by atoms with van der Waals surface area (Å²) in [6.07, 6.45) is 2.74. The van der Waals surface area contributed by atoms with E-state index < -0.39 is 0 Å². The van der Waals surface area contributed by atoms with E-state index in [1.165, 1.54) is 0 Å². The average Bonchev–Trinajstić information content (AvgIpc) is 2.39. The monoisotopic (exact) mass is 234 g/mol. The van der Waals surface area contributed by atoms with Crippen LogP contribution in [-0.4, -0.2) is 42.5 Å². The first-order chi connectivity index (χ1) is 8.24. The lowest BCUT2D eigenvalue weighted by molar-refractivity contribution is -0.118. The zero-order valence-electron chi connectivity index (χ0n) is 10.1. The van der Waals surface area contributed by atoms with Crippen molar-refractivity contribution in [1.29, 1.82) is 0 Å². The van der Waals surface area contributed by atoms with Gasteiger partial charge in [0.1, 0.15) is 5.82 Å². The summed E-state index contributed by atoms with van der Waals surface area (Å²) in [5.74, 6) is 1.01. The number of carbonyl (C=O) groups excluding carboxylic acids is 1. The highest BCUT2D eigenvalue weighted by Gasteiger charge is 2.18. The number of rotatable bonds is 3. The van der Waals surface area contributed by atoms with Crippen molar-refractivity contribution in [3.63, 3.8) is 0 Å². The summed E-state index contributed by atoms with van der Waals surface area (Å²) in [6.45, 7) is 5.79. The van der Waals surface area contributed by atoms with Crippen LogP contribution in [0.15, 0.2) is 12.3 Å². The molecule has 1 saturated heterocycles. The predicted octanol–water partition coefficient (Wildman–Crippen LogP) is 0.127. The Morgan fingerprint density at radius 1 is 1.41 bits per heavy atom. The molecule has 17 heavy (non-hydrogen) atoms.